The van der Waals surface area contributed by atoms with Gasteiger partial charge in [-0.2, -0.15) is 39.5 Å². The van der Waals surface area contributed by atoms with Crippen LogP contribution in [-0.2, 0) is 35.5 Å². The summed E-state index contributed by atoms with van der Waals surface area (Å²) in [5, 5.41) is 62.2. The van der Waals surface area contributed by atoms with Gasteiger partial charge in [0.2, 0.25) is 0 Å². The molecule has 0 aliphatic carbocycles. The second-order valence-corrected chi connectivity index (χ2v) is 22.6. The molecule has 7 heterocycles. The quantitative estimate of drug-likeness (QED) is 0.0517. The van der Waals surface area contributed by atoms with Gasteiger partial charge in [-0.05, 0) is 72.8 Å². The minimum Gasteiger partial charge on any atom is -0.393 e. The van der Waals surface area contributed by atoms with E-state index in [0.717, 1.165) is 79.1 Å². The lowest BCUT2D eigenvalue weighted by Gasteiger charge is -2.36. The van der Waals surface area contributed by atoms with Gasteiger partial charge in [0.15, 0.2) is 17.0 Å². The number of pyridine rings is 4. The molecular weight excluding hydrogens is 1330 g/mol. The molecule has 4 aromatic heterocycles. The Labute approximate surface area is 535 Å². The maximum atomic E-state index is 15.5. The van der Waals surface area contributed by atoms with Crippen LogP contribution < -0.4 is 16.0 Å². The number of carbonyl (C=O) groups is 3. The van der Waals surface area contributed by atoms with Crippen LogP contribution in [0.15, 0.2) is 97.6 Å². The zero-order valence-corrected chi connectivity index (χ0v) is 50.2. The molecule has 3 atom stereocenters. The number of benzene rings is 2. The number of alkyl halides is 12. The van der Waals surface area contributed by atoms with Gasteiger partial charge < -0.3 is 56.0 Å². The van der Waals surface area contributed by atoms with Crippen LogP contribution in [-0.4, -0.2) is 142 Å². The number of piperidine rings is 3. The Morgan fingerprint density at radius 2 is 0.819 bits per heavy atom. The molecule has 3 aliphatic rings. The number of aliphatic hydroxyl groups is 6. The van der Waals surface area contributed by atoms with Crippen molar-refractivity contribution in [2.75, 3.05) is 75.0 Å². The first-order valence-electron chi connectivity index (χ1n) is 28.2. The van der Waals surface area contributed by atoms with Gasteiger partial charge >= 0.3 is 36.6 Å². The highest BCUT2D eigenvalue weighted by molar-refractivity contribution is 6.32. The molecule has 19 nitrogen and oxygen atoms in total. The molecule has 35 heteroatoms. The van der Waals surface area contributed by atoms with Gasteiger partial charge in [0.25, 0.3) is 0 Å². The van der Waals surface area contributed by atoms with Crippen molar-refractivity contribution in [1.29, 1.82) is 0 Å². The summed E-state index contributed by atoms with van der Waals surface area (Å²) < 4.78 is 189. The van der Waals surface area contributed by atoms with E-state index in [1.165, 1.54) is 27.0 Å². The molecule has 9 rings (SSSR count). The maximum Gasteiger partial charge on any atom is 0.417 e. The van der Waals surface area contributed by atoms with Crippen LogP contribution in [0.2, 0.25) is 10.0 Å². The van der Waals surface area contributed by atoms with Crippen molar-refractivity contribution in [2.45, 2.75) is 92.4 Å². The highest BCUT2D eigenvalue weighted by Gasteiger charge is 2.44. The number of nitrogens with one attached hydrogen (secondary N) is 3. The Balaban J connectivity index is 0.000000200. The van der Waals surface area contributed by atoms with Crippen molar-refractivity contribution in [3.05, 3.63) is 170 Å². The molecule has 6 aromatic rings. The van der Waals surface area contributed by atoms with Crippen LogP contribution in [0.3, 0.4) is 0 Å². The van der Waals surface area contributed by atoms with E-state index in [0.29, 0.717) is 6.20 Å². The van der Waals surface area contributed by atoms with Gasteiger partial charge in [-0.1, -0.05) is 23.2 Å². The third kappa shape index (κ3) is 18.4. The normalized spacial score (nSPS) is 17.3. The van der Waals surface area contributed by atoms with Gasteiger partial charge in [-0.15, -0.1) is 0 Å². The minimum absolute atomic E-state index is 0.00482. The minimum atomic E-state index is -4.61. The van der Waals surface area contributed by atoms with E-state index >= 15 is 13.2 Å². The van der Waals surface area contributed by atoms with E-state index in [1.807, 2.05) is 0 Å². The smallest absolute Gasteiger partial charge is 0.393 e. The number of hydrogen-bond acceptors (Lipinski definition) is 13. The van der Waals surface area contributed by atoms with Crippen LogP contribution in [0.25, 0.3) is 0 Å². The Morgan fingerprint density at radius 3 is 1.17 bits per heavy atom. The molecule has 3 saturated heterocycles. The number of hydrogen-bond donors (Lipinski definition) is 9. The number of amides is 6. The van der Waals surface area contributed by atoms with Crippen molar-refractivity contribution >= 4 is 58.5 Å². The number of carbonyl (C=O) groups excluding carboxylic acids is 3. The lowest BCUT2D eigenvalue weighted by Crippen LogP contribution is -2.45. The van der Waals surface area contributed by atoms with E-state index in [1.54, 1.807) is 0 Å². The fraction of sp³-hybridized carbons (Fsp3) is 0.407. The van der Waals surface area contributed by atoms with Gasteiger partial charge in [-0.25, -0.2) is 41.3 Å². The van der Waals surface area contributed by atoms with Gasteiger partial charge in [-0.3, -0.25) is 20.3 Å². The Hall–Kier alpha value is -7.79. The topological polar surface area (TPSA) is 270 Å². The summed E-state index contributed by atoms with van der Waals surface area (Å²) in [6.07, 6.45) is -14.7. The Morgan fingerprint density at radius 1 is 0.457 bits per heavy atom. The first kappa shape index (κ1) is 73.6. The molecule has 0 saturated carbocycles. The fourth-order valence-corrected chi connectivity index (χ4v) is 10.5. The fourth-order valence-electron chi connectivity index (χ4n) is 9.91. The molecule has 6 amide bonds. The van der Waals surface area contributed by atoms with Gasteiger partial charge in [0, 0.05) is 131 Å². The number of halogens is 16. The van der Waals surface area contributed by atoms with E-state index in [9.17, 15) is 78.0 Å². The Bertz CT molecular complexity index is 3450. The molecule has 510 valence electrons. The molecule has 9 N–H and O–H groups in total. The molecule has 3 fully saturated rings. The molecule has 0 radical (unpaired) electrons. The summed E-state index contributed by atoms with van der Waals surface area (Å²) in [5.41, 5.74) is -9.42. The largest absolute Gasteiger partial charge is 0.417 e. The number of rotatable bonds is 12. The zero-order valence-electron chi connectivity index (χ0n) is 48.7. The van der Waals surface area contributed by atoms with E-state index < -0.39 is 136 Å². The lowest BCUT2D eigenvalue weighted by atomic mass is 9.89. The number of likely N-dealkylation sites (tertiary alicyclic amines) is 3. The first-order valence-corrected chi connectivity index (χ1v) is 28.9. The number of aliphatic hydroxyl groups excluding tert-OH is 6. The van der Waals surface area contributed by atoms with E-state index in [4.69, 9.17) is 38.5 Å². The third-order valence-corrected chi connectivity index (χ3v) is 16.0. The summed E-state index contributed by atoms with van der Waals surface area (Å²) in [7, 11) is 0. The highest BCUT2D eigenvalue weighted by Crippen LogP contribution is 2.43. The first-order chi connectivity index (χ1) is 44.0. The molecular formula is C59H58Cl2F14N10O9. The molecule has 0 spiro atoms. The van der Waals surface area contributed by atoms with Crippen molar-refractivity contribution in [1.82, 2.24) is 34.6 Å². The molecule has 0 bridgehead atoms. The summed E-state index contributed by atoms with van der Waals surface area (Å²) in [5.74, 6) is -2.03. The van der Waals surface area contributed by atoms with Crippen LogP contribution in [0.1, 0.15) is 107 Å². The van der Waals surface area contributed by atoms with E-state index in [2.05, 4.69) is 35.9 Å². The second-order valence-electron chi connectivity index (χ2n) is 21.7. The number of nitrogens with zero attached hydrogens (tertiary/aromatic N) is 7. The lowest BCUT2D eigenvalue weighted by molar-refractivity contribution is -0.138. The van der Waals surface area contributed by atoms with Crippen molar-refractivity contribution < 1.29 is 106 Å². The maximum absolute atomic E-state index is 15.5. The van der Waals surface area contributed by atoms with E-state index in [-0.39, 0.29) is 122 Å². The molecule has 3 aliphatic heterocycles. The molecule has 2 aromatic carbocycles. The molecule has 0 unspecified atom stereocenters. The summed E-state index contributed by atoms with van der Waals surface area (Å²) in [4.78, 5) is 56.0. The van der Waals surface area contributed by atoms with Crippen molar-refractivity contribution in [2.24, 2.45) is 0 Å². The monoisotopic (exact) mass is 1390 g/mol. The summed E-state index contributed by atoms with van der Waals surface area (Å²) >= 11 is 11.8. The zero-order chi connectivity index (χ0) is 69.3. The van der Waals surface area contributed by atoms with Crippen LogP contribution in [0, 0.1) is 11.6 Å². The number of urea groups is 3. The second kappa shape index (κ2) is 30.3. The van der Waals surface area contributed by atoms with Crippen molar-refractivity contribution in [3.8, 4) is 0 Å². The average molecular weight is 1390 g/mol. The predicted octanol–water partition coefficient (Wildman–Crippen LogP) is 11.8. The van der Waals surface area contributed by atoms with Crippen LogP contribution in [0.5, 0.6) is 0 Å². The van der Waals surface area contributed by atoms with Gasteiger partial charge in [0.1, 0.15) is 47.2 Å². The van der Waals surface area contributed by atoms with Gasteiger partial charge in [0.05, 0.1) is 52.3 Å². The standard InChI is InChI=1S/C20H19Cl2F4N3O3.C20H20F5N3O3.C19H19F5N4O3/c21-14-8-12(1-2-13(14)20(24,25)26)28-18(32)29-5-3-19(23,4-6-29)17-15(22)7-11(9-27-17)16(31)10-30;21-15-9-12(16(30)11-29)10-26-17(15)19(22)5-7-28(8-6-19)18(31)27-14-3-1-13(2-4-14)20(23,24)25;20-13-7-11(14(30)10-29)8-26-16(13)18(21)3-5-28(6-4-18)17(31)27-15-2-1-12(9-25-15)19(22,23)24/h1-2,7-9,16,30-31H,3-6,10H2,(H,28,32);1-4,9-10,16,29-30H,5-8,11H2,(H,27,31);1-2,7-9,14,29-30H,3-6,10H2,(H,25,27,31)/t2*16-;14-/m111/s1. The van der Waals surface area contributed by atoms with Crippen molar-refractivity contribution in [3.63, 3.8) is 0 Å². The average Bonchev–Trinajstić information content (AvgIpc) is 0.800. The number of anilines is 3. The summed E-state index contributed by atoms with van der Waals surface area (Å²) in [6, 6.07) is 9.79. The highest BCUT2D eigenvalue weighted by atomic mass is 35.5. The SMILES string of the molecule is O=C(Nc1ccc(C(F)(F)F)c(Cl)c1)N1CCC(F)(c2ncc([C@H](O)CO)cc2Cl)CC1.O=C(Nc1ccc(C(F)(F)F)cc1)N1CCC(F)(c2ncc([C@H](O)CO)cc2F)CC1.O=C(Nc1ccc(C(F)(F)F)cn1)N1CCC(F)(c2ncc([C@H](O)CO)cc2F)CC1. The predicted molar refractivity (Wildman–Crippen MR) is 309 cm³/mol. The Kier molecular flexibility index (Phi) is 23.7. The number of aromatic nitrogens is 4. The van der Waals surface area contributed by atoms with Crippen LogP contribution >= 0.6 is 23.2 Å². The third-order valence-electron chi connectivity index (χ3n) is 15.4. The van der Waals surface area contributed by atoms with Crippen LogP contribution in [0.4, 0.5) is 93.0 Å². The summed E-state index contributed by atoms with van der Waals surface area (Å²) in [6.45, 7) is -2.10. The molecule has 94 heavy (non-hydrogen) atoms.